The molecule has 0 aromatic heterocycles. The molecular weight excluding hydrogens is 212 g/mol. The standard InChI is InChI=1S/C15H24O2/c1-5-6-8-14-11-13(4)15(17-14)9-7-10-16-12(2)3/h7,10,14-15H,2,4-6,8-9,11H2,1,3H3/b10-7+/t14-,15-/m0/s1. The largest absolute Gasteiger partial charge is 0.471 e. The second-order valence-corrected chi connectivity index (χ2v) is 4.68. The Morgan fingerprint density at radius 3 is 3.00 bits per heavy atom. The Hall–Kier alpha value is -1.02. The molecule has 0 aromatic rings. The van der Waals surface area contributed by atoms with E-state index >= 15 is 0 Å². The van der Waals surface area contributed by atoms with E-state index in [0.29, 0.717) is 11.9 Å². The summed E-state index contributed by atoms with van der Waals surface area (Å²) >= 11 is 0. The molecule has 0 aliphatic carbocycles. The smallest absolute Gasteiger partial charge is 0.0929 e. The Morgan fingerprint density at radius 2 is 2.35 bits per heavy atom. The van der Waals surface area contributed by atoms with Crippen LogP contribution in [0, 0.1) is 0 Å². The second kappa shape index (κ2) is 7.33. The molecule has 0 bridgehead atoms. The molecule has 0 saturated carbocycles. The Balaban J connectivity index is 2.28. The predicted octanol–water partition coefficient (Wildman–Crippen LogP) is 4.34. The Labute approximate surface area is 105 Å². The minimum Gasteiger partial charge on any atom is -0.471 e. The molecule has 1 aliphatic heterocycles. The van der Waals surface area contributed by atoms with E-state index in [1.54, 1.807) is 6.26 Å². The van der Waals surface area contributed by atoms with E-state index in [9.17, 15) is 0 Å². The number of unbranched alkanes of at least 4 members (excludes halogenated alkanes) is 1. The van der Waals surface area contributed by atoms with Crippen molar-refractivity contribution >= 4 is 0 Å². The van der Waals surface area contributed by atoms with Gasteiger partial charge < -0.3 is 9.47 Å². The first-order chi connectivity index (χ1) is 8.13. The Kier molecular flexibility index (Phi) is 6.06. The summed E-state index contributed by atoms with van der Waals surface area (Å²) in [4.78, 5) is 0. The van der Waals surface area contributed by atoms with Gasteiger partial charge in [0.05, 0.1) is 24.2 Å². The maximum atomic E-state index is 5.95. The quantitative estimate of drug-likeness (QED) is 0.483. The number of allylic oxidation sites excluding steroid dienone is 1. The van der Waals surface area contributed by atoms with Crippen molar-refractivity contribution in [1.82, 2.24) is 0 Å². The summed E-state index contributed by atoms with van der Waals surface area (Å²) in [7, 11) is 0. The Bertz CT molecular complexity index is 291. The molecule has 0 N–H and O–H groups in total. The fraction of sp³-hybridized carbons (Fsp3) is 0.600. The third-order valence-corrected chi connectivity index (χ3v) is 2.90. The first-order valence-electron chi connectivity index (χ1n) is 6.43. The lowest BCUT2D eigenvalue weighted by Crippen LogP contribution is -2.10. The van der Waals surface area contributed by atoms with Gasteiger partial charge in [0.2, 0.25) is 0 Å². The van der Waals surface area contributed by atoms with Crippen molar-refractivity contribution in [1.29, 1.82) is 0 Å². The highest BCUT2D eigenvalue weighted by Gasteiger charge is 2.27. The molecule has 2 heteroatoms. The predicted molar refractivity (Wildman–Crippen MR) is 71.6 cm³/mol. The van der Waals surface area contributed by atoms with Crippen LogP contribution in [0.3, 0.4) is 0 Å². The molecule has 96 valence electrons. The molecule has 0 unspecified atom stereocenters. The fourth-order valence-corrected chi connectivity index (χ4v) is 1.97. The highest BCUT2D eigenvalue weighted by atomic mass is 16.5. The van der Waals surface area contributed by atoms with E-state index < -0.39 is 0 Å². The normalized spacial score (nSPS) is 24.5. The minimum atomic E-state index is 0.168. The molecule has 17 heavy (non-hydrogen) atoms. The summed E-state index contributed by atoms with van der Waals surface area (Å²) in [5.74, 6) is 0.702. The van der Waals surface area contributed by atoms with Gasteiger partial charge in [-0.3, -0.25) is 0 Å². The molecule has 0 amide bonds. The number of rotatable bonds is 7. The average molecular weight is 236 g/mol. The third-order valence-electron chi connectivity index (χ3n) is 2.90. The average Bonchev–Trinajstić information content (AvgIpc) is 2.62. The van der Waals surface area contributed by atoms with Crippen LogP contribution in [0.1, 0.15) is 46.0 Å². The first-order valence-corrected chi connectivity index (χ1v) is 6.43. The van der Waals surface area contributed by atoms with Gasteiger partial charge in [-0.05, 0) is 37.8 Å². The van der Waals surface area contributed by atoms with E-state index in [2.05, 4.69) is 20.1 Å². The maximum absolute atomic E-state index is 5.95. The van der Waals surface area contributed by atoms with Gasteiger partial charge in [-0.25, -0.2) is 0 Å². The number of hydrogen-bond acceptors (Lipinski definition) is 2. The summed E-state index contributed by atoms with van der Waals surface area (Å²) in [5, 5.41) is 0. The van der Waals surface area contributed by atoms with Crippen LogP contribution in [0.2, 0.25) is 0 Å². The number of ether oxygens (including phenoxy) is 2. The van der Waals surface area contributed by atoms with Crippen LogP contribution in [0.4, 0.5) is 0 Å². The van der Waals surface area contributed by atoms with Crippen molar-refractivity contribution in [2.75, 3.05) is 0 Å². The second-order valence-electron chi connectivity index (χ2n) is 4.68. The van der Waals surface area contributed by atoms with Gasteiger partial charge in [0, 0.05) is 0 Å². The van der Waals surface area contributed by atoms with Crippen molar-refractivity contribution in [2.24, 2.45) is 0 Å². The molecule has 0 radical (unpaired) electrons. The summed E-state index contributed by atoms with van der Waals surface area (Å²) in [5.41, 5.74) is 1.21. The highest BCUT2D eigenvalue weighted by molar-refractivity contribution is 5.11. The topological polar surface area (TPSA) is 18.5 Å². The van der Waals surface area contributed by atoms with Gasteiger partial charge in [-0.1, -0.05) is 32.9 Å². The van der Waals surface area contributed by atoms with Crippen LogP contribution in [-0.2, 0) is 9.47 Å². The van der Waals surface area contributed by atoms with Crippen LogP contribution in [0.25, 0.3) is 0 Å². The zero-order valence-corrected chi connectivity index (χ0v) is 11.1. The zero-order valence-electron chi connectivity index (χ0n) is 11.1. The van der Waals surface area contributed by atoms with Crippen LogP contribution in [0.5, 0.6) is 0 Å². The molecule has 1 rings (SSSR count). The fourth-order valence-electron chi connectivity index (χ4n) is 1.97. The first kappa shape index (κ1) is 14.0. The summed E-state index contributed by atoms with van der Waals surface area (Å²) in [6.45, 7) is 11.8. The molecule has 2 nitrogen and oxygen atoms in total. The van der Waals surface area contributed by atoms with Gasteiger partial charge in [-0.15, -0.1) is 0 Å². The monoisotopic (exact) mass is 236 g/mol. The zero-order chi connectivity index (χ0) is 12.7. The van der Waals surface area contributed by atoms with Gasteiger partial charge in [0.1, 0.15) is 0 Å². The Morgan fingerprint density at radius 1 is 1.59 bits per heavy atom. The van der Waals surface area contributed by atoms with E-state index in [1.165, 1.54) is 18.4 Å². The lowest BCUT2D eigenvalue weighted by Gasteiger charge is -2.11. The van der Waals surface area contributed by atoms with Crippen molar-refractivity contribution in [3.8, 4) is 0 Å². The summed E-state index contributed by atoms with van der Waals surface area (Å²) in [6.07, 6.45) is 9.67. The van der Waals surface area contributed by atoms with E-state index in [-0.39, 0.29) is 6.10 Å². The molecule has 1 fully saturated rings. The van der Waals surface area contributed by atoms with E-state index in [4.69, 9.17) is 9.47 Å². The molecule has 1 heterocycles. The summed E-state index contributed by atoms with van der Waals surface area (Å²) in [6, 6.07) is 0. The van der Waals surface area contributed by atoms with Crippen LogP contribution >= 0.6 is 0 Å². The SMILES string of the molecule is C=C(C)O/C=C/C[C@@H]1O[C@@H](CCCC)CC1=C. The lowest BCUT2D eigenvalue weighted by molar-refractivity contribution is 0.0477. The van der Waals surface area contributed by atoms with Gasteiger partial charge in [0.25, 0.3) is 0 Å². The molecular formula is C15H24O2. The van der Waals surface area contributed by atoms with Crippen molar-refractivity contribution in [2.45, 2.75) is 58.2 Å². The van der Waals surface area contributed by atoms with Crippen LogP contribution in [-0.4, -0.2) is 12.2 Å². The lowest BCUT2D eigenvalue weighted by atomic mass is 10.0. The van der Waals surface area contributed by atoms with Crippen LogP contribution in [0.15, 0.2) is 36.8 Å². The highest BCUT2D eigenvalue weighted by Crippen LogP contribution is 2.29. The van der Waals surface area contributed by atoms with Crippen LogP contribution < -0.4 is 0 Å². The molecule has 1 aliphatic rings. The molecule has 0 spiro atoms. The molecule has 0 aromatic carbocycles. The van der Waals surface area contributed by atoms with Gasteiger partial charge >= 0.3 is 0 Å². The number of hydrogen-bond donors (Lipinski definition) is 0. The van der Waals surface area contributed by atoms with Gasteiger partial charge in [-0.2, -0.15) is 0 Å². The maximum Gasteiger partial charge on any atom is 0.0929 e. The summed E-state index contributed by atoms with van der Waals surface area (Å²) < 4.78 is 11.1. The molecule has 1 saturated heterocycles. The van der Waals surface area contributed by atoms with E-state index in [0.717, 1.165) is 19.3 Å². The van der Waals surface area contributed by atoms with Crippen molar-refractivity contribution in [3.63, 3.8) is 0 Å². The minimum absolute atomic E-state index is 0.168. The third kappa shape index (κ3) is 5.22. The van der Waals surface area contributed by atoms with Crippen molar-refractivity contribution in [3.05, 3.63) is 36.8 Å². The van der Waals surface area contributed by atoms with Gasteiger partial charge in [0.15, 0.2) is 0 Å². The van der Waals surface area contributed by atoms with E-state index in [1.807, 2.05) is 13.0 Å². The molecule has 2 atom stereocenters. The van der Waals surface area contributed by atoms with Crippen molar-refractivity contribution < 1.29 is 9.47 Å².